The van der Waals surface area contributed by atoms with E-state index in [1.807, 2.05) is 42.6 Å². The van der Waals surface area contributed by atoms with Crippen LogP contribution in [0.5, 0.6) is 0 Å². The van der Waals surface area contributed by atoms with E-state index in [-0.39, 0.29) is 5.91 Å². The van der Waals surface area contributed by atoms with Crippen LogP contribution in [-0.4, -0.2) is 53.7 Å². The third kappa shape index (κ3) is 5.50. The van der Waals surface area contributed by atoms with Gasteiger partial charge in [0.15, 0.2) is 0 Å². The van der Waals surface area contributed by atoms with Crippen LogP contribution in [0.3, 0.4) is 0 Å². The van der Waals surface area contributed by atoms with Crippen LogP contribution in [-0.2, 0) is 6.42 Å². The number of hydrogen-bond acceptors (Lipinski definition) is 4. The monoisotopic (exact) mass is 460 g/mol. The van der Waals surface area contributed by atoms with E-state index in [0.29, 0.717) is 0 Å². The second-order valence-electron chi connectivity index (χ2n) is 8.76. The summed E-state index contributed by atoms with van der Waals surface area (Å²) >= 11 is 1.68. The minimum Gasteiger partial charge on any atom is -0.366 e. The lowest BCUT2D eigenvalue weighted by molar-refractivity contribution is 0.0793. The number of rotatable bonds is 7. The summed E-state index contributed by atoms with van der Waals surface area (Å²) in [5.41, 5.74) is 7.47. The zero-order valence-electron chi connectivity index (χ0n) is 20.0. The summed E-state index contributed by atoms with van der Waals surface area (Å²) in [5.74, 6) is 0.137. The van der Waals surface area contributed by atoms with Gasteiger partial charge in [0, 0.05) is 49.6 Å². The molecule has 6 heteroatoms. The van der Waals surface area contributed by atoms with Crippen LogP contribution in [0.25, 0.3) is 11.3 Å². The molecule has 1 aromatic heterocycles. The summed E-state index contributed by atoms with van der Waals surface area (Å²) in [7, 11) is 2.03. The van der Waals surface area contributed by atoms with E-state index in [1.165, 1.54) is 16.7 Å². The third-order valence-corrected chi connectivity index (χ3v) is 7.11. The van der Waals surface area contributed by atoms with Gasteiger partial charge in [-0.3, -0.25) is 4.79 Å². The zero-order chi connectivity index (χ0) is 23.4. The van der Waals surface area contributed by atoms with Crippen LogP contribution in [0.2, 0.25) is 0 Å². The number of hydrogen-bond donors (Lipinski definition) is 0. The maximum atomic E-state index is 12.6. The summed E-state index contributed by atoms with van der Waals surface area (Å²) in [6, 6.07) is 12.3. The first kappa shape index (κ1) is 23.2. The molecule has 0 aliphatic carbocycles. The molecule has 0 spiro atoms. The molecule has 3 aromatic rings. The molecule has 1 amide bonds. The number of aliphatic imine (C=N–C) groups is 1. The van der Waals surface area contributed by atoms with Crippen molar-refractivity contribution >= 4 is 29.3 Å². The predicted octanol–water partition coefficient (Wildman–Crippen LogP) is 5.87. The summed E-state index contributed by atoms with van der Waals surface area (Å²) in [6.45, 7) is 9.04. The maximum absolute atomic E-state index is 12.6. The Morgan fingerprint density at radius 2 is 1.88 bits per heavy atom. The van der Waals surface area contributed by atoms with Crippen molar-refractivity contribution in [3.05, 3.63) is 69.0 Å². The van der Waals surface area contributed by atoms with Gasteiger partial charge in [0.05, 0.1) is 22.7 Å². The third-order valence-electron chi connectivity index (χ3n) is 6.26. The van der Waals surface area contributed by atoms with Gasteiger partial charge in [-0.15, -0.1) is 11.3 Å². The normalized spacial score (nSPS) is 13.8. The molecule has 0 atom stereocenters. The molecule has 1 aliphatic heterocycles. The number of benzene rings is 2. The van der Waals surface area contributed by atoms with Gasteiger partial charge in [-0.2, -0.15) is 0 Å². The lowest BCUT2D eigenvalue weighted by Crippen LogP contribution is -2.27. The quantitative estimate of drug-likeness (QED) is 0.327. The molecular weight excluding hydrogens is 428 g/mol. The smallest absolute Gasteiger partial charge is 0.253 e. The molecule has 1 saturated heterocycles. The Hall–Kier alpha value is -2.99. The van der Waals surface area contributed by atoms with Crippen molar-refractivity contribution in [1.82, 2.24) is 14.8 Å². The van der Waals surface area contributed by atoms with Gasteiger partial charge in [0.2, 0.25) is 0 Å². The lowest BCUT2D eigenvalue weighted by Gasteiger charge is -2.15. The minimum absolute atomic E-state index is 0.137. The number of carbonyl (C=O) groups is 1. The number of amides is 1. The van der Waals surface area contributed by atoms with Crippen LogP contribution in [0.4, 0.5) is 5.69 Å². The Bertz CT molecular complexity index is 1140. The molecular formula is C27H32N4OS. The highest BCUT2D eigenvalue weighted by Crippen LogP contribution is 2.28. The fourth-order valence-corrected chi connectivity index (χ4v) is 4.83. The highest BCUT2D eigenvalue weighted by atomic mass is 32.1. The molecule has 0 saturated carbocycles. The number of nitrogens with zero attached hydrogens (tertiary/aromatic N) is 4. The molecule has 2 aromatic carbocycles. The molecule has 2 heterocycles. The first-order valence-electron chi connectivity index (χ1n) is 11.6. The SMILES string of the molecule is CCN(C)/C=N/c1cc(C)c(Cc2nc(-c3ccc(C(=O)N4CCCC4)cc3)cs2)cc1C. The van der Waals surface area contributed by atoms with Crippen molar-refractivity contribution in [2.45, 2.75) is 40.0 Å². The average Bonchev–Trinajstić information content (AvgIpc) is 3.52. The van der Waals surface area contributed by atoms with E-state index in [2.05, 4.69) is 48.2 Å². The molecule has 0 radical (unpaired) electrons. The molecule has 1 fully saturated rings. The predicted molar refractivity (Wildman–Crippen MR) is 138 cm³/mol. The maximum Gasteiger partial charge on any atom is 0.253 e. The first-order chi connectivity index (χ1) is 15.9. The van der Waals surface area contributed by atoms with E-state index >= 15 is 0 Å². The highest BCUT2D eigenvalue weighted by Gasteiger charge is 2.19. The first-order valence-corrected chi connectivity index (χ1v) is 12.5. The highest BCUT2D eigenvalue weighted by molar-refractivity contribution is 7.10. The van der Waals surface area contributed by atoms with Gasteiger partial charge >= 0.3 is 0 Å². The molecule has 0 unspecified atom stereocenters. The Balaban J connectivity index is 1.46. The Morgan fingerprint density at radius 3 is 2.58 bits per heavy atom. The van der Waals surface area contributed by atoms with Gasteiger partial charge < -0.3 is 9.80 Å². The van der Waals surface area contributed by atoms with Crippen molar-refractivity contribution in [3.63, 3.8) is 0 Å². The number of thiazole rings is 1. The number of carbonyl (C=O) groups excluding carboxylic acids is 1. The van der Waals surface area contributed by atoms with Crippen molar-refractivity contribution in [1.29, 1.82) is 0 Å². The van der Waals surface area contributed by atoms with Crippen molar-refractivity contribution in [2.75, 3.05) is 26.7 Å². The van der Waals surface area contributed by atoms with Crippen molar-refractivity contribution in [2.24, 2.45) is 4.99 Å². The summed E-state index contributed by atoms with van der Waals surface area (Å²) in [5, 5.41) is 3.19. The van der Waals surface area contributed by atoms with Crippen LogP contribution >= 0.6 is 11.3 Å². The van der Waals surface area contributed by atoms with E-state index in [4.69, 9.17) is 4.98 Å². The van der Waals surface area contributed by atoms with Crippen LogP contribution in [0, 0.1) is 13.8 Å². The summed E-state index contributed by atoms with van der Waals surface area (Å²) in [4.78, 5) is 26.1. The number of aromatic nitrogens is 1. The van der Waals surface area contributed by atoms with Gasteiger partial charge in [0.25, 0.3) is 5.91 Å². The second-order valence-corrected chi connectivity index (χ2v) is 9.71. The lowest BCUT2D eigenvalue weighted by atomic mass is 10.0. The average molecular weight is 461 g/mol. The van der Waals surface area contributed by atoms with Gasteiger partial charge in [0.1, 0.15) is 0 Å². The van der Waals surface area contributed by atoms with E-state index in [9.17, 15) is 4.79 Å². The standard InChI is InChI=1S/C27H32N4OS/c1-5-30(4)18-28-24-15-19(2)23(14-20(24)3)16-26-29-25(17-33-26)21-8-10-22(11-9-21)27(32)31-12-6-7-13-31/h8-11,14-15,17-18H,5-7,12-13,16H2,1-4H3/b28-18+. The van der Waals surface area contributed by atoms with Gasteiger partial charge in [-0.25, -0.2) is 9.98 Å². The van der Waals surface area contributed by atoms with Gasteiger partial charge in [-0.05, 0) is 68.5 Å². The summed E-state index contributed by atoms with van der Waals surface area (Å²) < 4.78 is 0. The van der Waals surface area contributed by atoms with Crippen molar-refractivity contribution in [3.8, 4) is 11.3 Å². The Labute approximate surface area is 200 Å². The van der Waals surface area contributed by atoms with Crippen LogP contribution in [0.1, 0.15) is 51.8 Å². The molecule has 172 valence electrons. The van der Waals surface area contributed by atoms with Crippen LogP contribution in [0.15, 0.2) is 46.8 Å². The fraction of sp³-hybridized carbons (Fsp3) is 0.370. The molecule has 4 rings (SSSR count). The molecule has 0 N–H and O–H groups in total. The minimum atomic E-state index is 0.137. The Morgan fingerprint density at radius 1 is 1.15 bits per heavy atom. The number of aryl methyl sites for hydroxylation is 2. The molecule has 1 aliphatic rings. The largest absolute Gasteiger partial charge is 0.366 e. The number of likely N-dealkylation sites (tertiary alicyclic amines) is 1. The van der Waals surface area contributed by atoms with E-state index < -0.39 is 0 Å². The molecule has 33 heavy (non-hydrogen) atoms. The van der Waals surface area contributed by atoms with E-state index in [1.54, 1.807) is 11.3 Å². The second kappa shape index (κ2) is 10.3. The van der Waals surface area contributed by atoms with Crippen LogP contribution < -0.4 is 0 Å². The van der Waals surface area contributed by atoms with E-state index in [0.717, 1.165) is 66.4 Å². The Kier molecular flexibility index (Phi) is 7.23. The van der Waals surface area contributed by atoms with Gasteiger partial charge in [-0.1, -0.05) is 18.2 Å². The zero-order valence-corrected chi connectivity index (χ0v) is 20.8. The molecule has 5 nitrogen and oxygen atoms in total. The van der Waals surface area contributed by atoms with Crippen molar-refractivity contribution < 1.29 is 4.79 Å². The fourth-order valence-electron chi connectivity index (χ4n) is 4.01. The molecule has 0 bridgehead atoms. The summed E-state index contributed by atoms with van der Waals surface area (Å²) in [6.07, 6.45) is 4.91. The topological polar surface area (TPSA) is 48.8 Å².